The van der Waals surface area contributed by atoms with E-state index in [1.807, 2.05) is 29.2 Å². The Hall–Kier alpha value is -4.38. The van der Waals surface area contributed by atoms with Crippen LogP contribution in [0.2, 0.25) is 0 Å². The zero-order valence-electron chi connectivity index (χ0n) is 26.2. The fraction of sp³-hybridized carbons (Fsp3) is 0.351. The molecule has 2 fully saturated rings. The number of carbonyl (C=O) groups excluding carboxylic acids is 1. The zero-order valence-corrected chi connectivity index (χ0v) is 26.2. The SMILES string of the molecule is O=C(C=Cc1ccc(C(F)(F)F)cc1)N(Cc1ccc(Nc2ccnc3cc(C(F)(F)F)ccc23)cc1)C1CCN(C2CCCC2)CC1. The molecule has 1 aromatic heterocycles. The molecule has 1 aliphatic carbocycles. The van der Waals surface area contributed by atoms with Crippen LogP contribution in [0.25, 0.3) is 17.0 Å². The molecule has 6 rings (SSSR count). The number of nitrogens with zero attached hydrogens (tertiary/aromatic N) is 3. The quantitative estimate of drug-likeness (QED) is 0.150. The van der Waals surface area contributed by atoms with Crippen molar-refractivity contribution in [2.75, 3.05) is 18.4 Å². The molecule has 1 saturated carbocycles. The summed E-state index contributed by atoms with van der Waals surface area (Å²) in [7, 11) is 0. The summed E-state index contributed by atoms with van der Waals surface area (Å²) in [5.74, 6) is -0.210. The van der Waals surface area contributed by atoms with Gasteiger partial charge in [-0.25, -0.2) is 0 Å². The van der Waals surface area contributed by atoms with Gasteiger partial charge in [0, 0.05) is 60.8 Å². The number of piperidine rings is 1. The van der Waals surface area contributed by atoms with Crippen molar-refractivity contribution in [1.29, 1.82) is 0 Å². The fourth-order valence-corrected chi connectivity index (χ4v) is 6.74. The van der Waals surface area contributed by atoms with Crippen molar-refractivity contribution in [1.82, 2.24) is 14.8 Å². The number of fused-ring (bicyclic) bond motifs is 1. The summed E-state index contributed by atoms with van der Waals surface area (Å²) in [6.45, 7) is 2.17. The number of aromatic nitrogens is 1. The smallest absolute Gasteiger partial charge is 0.355 e. The highest BCUT2D eigenvalue weighted by Gasteiger charge is 2.32. The molecule has 0 radical (unpaired) electrons. The van der Waals surface area contributed by atoms with E-state index in [0.29, 0.717) is 29.2 Å². The summed E-state index contributed by atoms with van der Waals surface area (Å²) in [4.78, 5) is 22.2. The van der Waals surface area contributed by atoms with Crippen LogP contribution in [0.3, 0.4) is 0 Å². The number of amides is 1. The minimum Gasteiger partial charge on any atom is -0.355 e. The third-order valence-corrected chi connectivity index (χ3v) is 9.38. The van der Waals surface area contributed by atoms with Crippen LogP contribution in [0.4, 0.5) is 37.7 Å². The van der Waals surface area contributed by atoms with E-state index in [0.717, 1.165) is 61.4 Å². The third kappa shape index (κ3) is 8.01. The molecule has 3 aromatic carbocycles. The maximum atomic E-state index is 13.7. The van der Waals surface area contributed by atoms with Gasteiger partial charge in [0.2, 0.25) is 5.91 Å². The van der Waals surface area contributed by atoms with Crippen molar-refractivity contribution < 1.29 is 31.1 Å². The molecule has 2 heterocycles. The van der Waals surface area contributed by atoms with Gasteiger partial charge >= 0.3 is 12.4 Å². The van der Waals surface area contributed by atoms with E-state index in [1.54, 1.807) is 12.1 Å². The molecule has 48 heavy (non-hydrogen) atoms. The van der Waals surface area contributed by atoms with Crippen LogP contribution in [0.1, 0.15) is 60.8 Å². The molecule has 0 bridgehead atoms. The van der Waals surface area contributed by atoms with Crippen molar-refractivity contribution in [3.8, 4) is 0 Å². The summed E-state index contributed by atoms with van der Waals surface area (Å²) in [6.07, 6.45) is 2.15. The Morgan fingerprint density at radius 1 is 0.833 bits per heavy atom. The lowest BCUT2D eigenvalue weighted by molar-refractivity contribution is -0.138. The van der Waals surface area contributed by atoms with Crippen molar-refractivity contribution in [3.05, 3.63) is 107 Å². The highest BCUT2D eigenvalue weighted by Crippen LogP contribution is 2.34. The van der Waals surface area contributed by atoms with Crippen LogP contribution in [0.15, 0.2) is 85.1 Å². The molecule has 1 aliphatic heterocycles. The molecule has 0 atom stereocenters. The molecule has 11 heteroatoms. The maximum Gasteiger partial charge on any atom is 0.416 e. The van der Waals surface area contributed by atoms with Crippen molar-refractivity contribution in [2.45, 2.75) is 69.5 Å². The molecule has 1 amide bonds. The Labute approximate surface area is 275 Å². The van der Waals surface area contributed by atoms with Crippen LogP contribution in [0.5, 0.6) is 0 Å². The summed E-state index contributed by atoms with van der Waals surface area (Å²) < 4.78 is 78.6. The number of hydrogen-bond donors (Lipinski definition) is 1. The molecule has 1 saturated heterocycles. The second-order valence-corrected chi connectivity index (χ2v) is 12.5. The molecule has 2 aliphatic rings. The Balaban J connectivity index is 1.17. The van der Waals surface area contributed by atoms with Gasteiger partial charge < -0.3 is 15.1 Å². The van der Waals surface area contributed by atoms with E-state index in [4.69, 9.17) is 0 Å². The van der Waals surface area contributed by atoms with Crippen molar-refractivity contribution in [3.63, 3.8) is 0 Å². The van der Waals surface area contributed by atoms with Gasteiger partial charge in [0.25, 0.3) is 0 Å². The lowest BCUT2D eigenvalue weighted by atomic mass is 9.99. The van der Waals surface area contributed by atoms with Crippen LogP contribution < -0.4 is 5.32 Å². The molecule has 1 N–H and O–H groups in total. The molecular weight excluding hydrogens is 630 g/mol. The number of anilines is 2. The minimum absolute atomic E-state index is 0.00924. The first-order chi connectivity index (χ1) is 22.9. The normalized spacial score (nSPS) is 17.0. The standard InChI is InChI=1S/C37H36F6N4O/c38-36(39,40)27-10-5-25(6-11-27)9-16-35(48)47(31-18-21-46(22-19-31)30-3-1-2-4-30)24-26-7-13-29(14-8-26)45-33-17-20-44-34-23-28(37(41,42)43)12-15-32(33)34/h5-17,20,23,30-31H,1-4,18-19,21-22,24H2,(H,44,45). The Kier molecular flexibility index (Phi) is 9.78. The maximum absolute atomic E-state index is 13.7. The zero-order chi connectivity index (χ0) is 33.9. The number of likely N-dealkylation sites (tertiary alicyclic amines) is 1. The van der Waals surface area contributed by atoms with Crippen molar-refractivity contribution >= 4 is 34.3 Å². The van der Waals surface area contributed by atoms with Gasteiger partial charge in [-0.2, -0.15) is 26.3 Å². The Morgan fingerprint density at radius 2 is 1.48 bits per heavy atom. The van der Waals surface area contributed by atoms with Crippen LogP contribution in [-0.2, 0) is 23.7 Å². The second-order valence-electron chi connectivity index (χ2n) is 12.5. The topological polar surface area (TPSA) is 48.5 Å². The number of benzene rings is 3. The molecule has 252 valence electrons. The van der Waals surface area contributed by atoms with E-state index in [-0.39, 0.29) is 17.5 Å². The summed E-state index contributed by atoms with van der Waals surface area (Å²) in [5, 5.41) is 3.82. The van der Waals surface area contributed by atoms with Crippen LogP contribution in [0, 0.1) is 0 Å². The Bertz CT molecular complexity index is 1740. The van der Waals surface area contributed by atoms with Gasteiger partial charge in [-0.05, 0) is 85.4 Å². The molecule has 4 aromatic rings. The number of pyridine rings is 1. The second kappa shape index (κ2) is 14.0. The van der Waals surface area contributed by atoms with Gasteiger partial charge in [0.05, 0.1) is 16.6 Å². The van der Waals surface area contributed by atoms with Gasteiger partial charge in [-0.3, -0.25) is 9.78 Å². The number of alkyl halides is 6. The molecule has 0 spiro atoms. The number of rotatable bonds is 8. The van der Waals surface area contributed by atoms with Crippen molar-refractivity contribution in [2.24, 2.45) is 0 Å². The van der Waals surface area contributed by atoms with Crippen LogP contribution >= 0.6 is 0 Å². The number of hydrogen-bond acceptors (Lipinski definition) is 4. The predicted octanol–water partition coefficient (Wildman–Crippen LogP) is 9.46. The van der Waals surface area contributed by atoms with E-state index in [9.17, 15) is 31.1 Å². The van der Waals surface area contributed by atoms with Gasteiger partial charge in [-0.15, -0.1) is 0 Å². The van der Waals surface area contributed by atoms with Gasteiger partial charge in [0.15, 0.2) is 0 Å². The first-order valence-electron chi connectivity index (χ1n) is 16.2. The average Bonchev–Trinajstić information content (AvgIpc) is 3.62. The third-order valence-electron chi connectivity index (χ3n) is 9.38. The summed E-state index contributed by atoms with van der Waals surface area (Å²) in [6, 6.07) is 18.0. The van der Waals surface area contributed by atoms with E-state index in [2.05, 4.69) is 15.2 Å². The molecule has 0 unspecified atom stereocenters. The lowest BCUT2D eigenvalue weighted by Gasteiger charge is -2.40. The minimum atomic E-state index is -4.46. The lowest BCUT2D eigenvalue weighted by Crippen LogP contribution is -2.48. The van der Waals surface area contributed by atoms with E-state index in [1.165, 1.54) is 56.2 Å². The fourth-order valence-electron chi connectivity index (χ4n) is 6.74. The van der Waals surface area contributed by atoms with E-state index >= 15 is 0 Å². The number of halogens is 6. The van der Waals surface area contributed by atoms with Crippen LogP contribution in [-0.4, -0.2) is 45.9 Å². The average molecular weight is 667 g/mol. The largest absolute Gasteiger partial charge is 0.416 e. The summed E-state index contributed by atoms with van der Waals surface area (Å²) in [5.41, 5.74) is 1.44. The highest BCUT2D eigenvalue weighted by molar-refractivity contribution is 5.93. The molecular formula is C37H36F6N4O. The van der Waals surface area contributed by atoms with Gasteiger partial charge in [0.1, 0.15) is 0 Å². The highest BCUT2D eigenvalue weighted by atomic mass is 19.4. The van der Waals surface area contributed by atoms with Gasteiger partial charge in [-0.1, -0.05) is 43.2 Å². The number of carbonyl (C=O) groups is 1. The summed E-state index contributed by atoms with van der Waals surface area (Å²) >= 11 is 0. The predicted molar refractivity (Wildman–Crippen MR) is 174 cm³/mol. The monoisotopic (exact) mass is 666 g/mol. The Morgan fingerprint density at radius 3 is 2.12 bits per heavy atom. The first kappa shape index (κ1) is 33.5. The first-order valence-corrected chi connectivity index (χ1v) is 16.2. The van der Waals surface area contributed by atoms with E-state index < -0.39 is 23.5 Å². The molecule has 5 nitrogen and oxygen atoms in total. The number of nitrogens with one attached hydrogen (secondary N) is 1.